The molecule has 0 fully saturated rings. The van der Waals surface area contributed by atoms with Gasteiger partial charge in [-0.1, -0.05) is 24.3 Å². The van der Waals surface area contributed by atoms with Crippen molar-refractivity contribution in [2.24, 2.45) is 7.05 Å². The molecule has 5 heteroatoms. The minimum absolute atomic E-state index is 0.0664. The van der Waals surface area contributed by atoms with Crippen LogP contribution in [0.1, 0.15) is 16.7 Å². The van der Waals surface area contributed by atoms with E-state index in [0.29, 0.717) is 0 Å². The highest BCUT2D eigenvalue weighted by molar-refractivity contribution is 5.70. The van der Waals surface area contributed by atoms with Gasteiger partial charge in [0.25, 0.3) is 0 Å². The van der Waals surface area contributed by atoms with Crippen molar-refractivity contribution in [3.05, 3.63) is 53.3 Å². The molecule has 1 aromatic carbocycles. The Balaban J connectivity index is 2.03. The van der Waals surface area contributed by atoms with Gasteiger partial charge in [-0.15, -0.1) is 0 Å². The molecule has 106 valence electrons. The van der Waals surface area contributed by atoms with Gasteiger partial charge in [0, 0.05) is 31.9 Å². The maximum absolute atomic E-state index is 10.9. The van der Waals surface area contributed by atoms with Crippen LogP contribution in [0, 0.1) is 0 Å². The van der Waals surface area contributed by atoms with E-state index in [0.717, 1.165) is 29.8 Å². The first kappa shape index (κ1) is 14.3. The van der Waals surface area contributed by atoms with Gasteiger partial charge in [-0.25, -0.2) is 0 Å². The number of aliphatic carboxylic acids is 1. The molecule has 1 N–H and O–H groups in total. The Hall–Kier alpha value is -2.14. The zero-order valence-corrected chi connectivity index (χ0v) is 11.8. The fourth-order valence-electron chi connectivity index (χ4n) is 2.26. The molecule has 1 heterocycles. The Kier molecular flexibility index (Phi) is 4.53. The number of aromatic nitrogens is 2. The van der Waals surface area contributed by atoms with E-state index in [1.54, 1.807) is 4.68 Å². The first-order valence-electron chi connectivity index (χ1n) is 6.49. The van der Waals surface area contributed by atoms with Crippen molar-refractivity contribution in [1.29, 1.82) is 0 Å². The monoisotopic (exact) mass is 273 g/mol. The van der Waals surface area contributed by atoms with Crippen LogP contribution in [0.25, 0.3) is 0 Å². The van der Waals surface area contributed by atoms with E-state index in [-0.39, 0.29) is 6.42 Å². The van der Waals surface area contributed by atoms with Crippen LogP contribution in [-0.2, 0) is 31.4 Å². The summed E-state index contributed by atoms with van der Waals surface area (Å²) in [7, 11) is 3.91. The van der Waals surface area contributed by atoms with Crippen LogP contribution >= 0.6 is 0 Å². The quantitative estimate of drug-likeness (QED) is 0.870. The Morgan fingerprint density at radius 3 is 2.60 bits per heavy atom. The SMILES string of the molecule is CN(Cc1cnn(C)c1)Cc1ccccc1CC(=O)O. The van der Waals surface area contributed by atoms with Crippen molar-refractivity contribution < 1.29 is 9.90 Å². The Morgan fingerprint density at radius 1 is 1.30 bits per heavy atom. The number of hydrogen-bond acceptors (Lipinski definition) is 3. The molecule has 20 heavy (non-hydrogen) atoms. The molecule has 2 aromatic rings. The number of rotatable bonds is 6. The van der Waals surface area contributed by atoms with Crippen LogP contribution in [0.3, 0.4) is 0 Å². The first-order valence-corrected chi connectivity index (χ1v) is 6.49. The minimum Gasteiger partial charge on any atom is -0.481 e. The summed E-state index contributed by atoms with van der Waals surface area (Å²) in [5, 5.41) is 13.1. The highest BCUT2D eigenvalue weighted by Crippen LogP contribution is 2.13. The minimum atomic E-state index is -0.799. The summed E-state index contributed by atoms with van der Waals surface area (Å²) in [6.07, 6.45) is 3.90. The highest BCUT2D eigenvalue weighted by atomic mass is 16.4. The summed E-state index contributed by atoms with van der Waals surface area (Å²) >= 11 is 0. The van der Waals surface area contributed by atoms with E-state index in [4.69, 9.17) is 5.11 Å². The summed E-state index contributed by atoms with van der Waals surface area (Å²) in [5.74, 6) is -0.799. The maximum atomic E-state index is 10.9. The number of carbonyl (C=O) groups is 1. The van der Waals surface area contributed by atoms with Crippen molar-refractivity contribution in [2.75, 3.05) is 7.05 Å². The van der Waals surface area contributed by atoms with Gasteiger partial charge in [-0.05, 0) is 18.2 Å². The third-order valence-electron chi connectivity index (χ3n) is 3.11. The average molecular weight is 273 g/mol. The smallest absolute Gasteiger partial charge is 0.307 e. The first-order chi connectivity index (χ1) is 9.54. The summed E-state index contributed by atoms with van der Waals surface area (Å²) < 4.78 is 1.78. The van der Waals surface area contributed by atoms with Gasteiger partial charge in [-0.2, -0.15) is 5.10 Å². The predicted molar refractivity (Wildman–Crippen MR) is 76.2 cm³/mol. The molecule has 2 rings (SSSR count). The van der Waals surface area contributed by atoms with Crippen molar-refractivity contribution in [2.45, 2.75) is 19.5 Å². The molecule has 0 saturated carbocycles. The van der Waals surface area contributed by atoms with E-state index < -0.39 is 5.97 Å². The zero-order chi connectivity index (χ0) is 14.5. The lowest BCUT2D eigenvalue weighted by atomic mass is 10.0. The number of benzene rings is 1. The molecule has 0 saturated heterocycles. The molecule has 0 atom stereocenters. The number of carboxylic acids is 1. The summed E-state index contributed by atoms with van der Waals surface area (Å²) in [6.45, 7) is 1.51. The molecule has 1 aromatic heterocycles. The molecule has 5 nitrogen and oxygen atoms in total. The van der Waals surface area contributed by atoms with Crippen LogP contribution in [-0.4, -0.2) is 32.8 Å². The van der Waals surface area contributed by atoms with Gasteiger partial charge in [0.05, 0.1) is 12.6 Å². The fourth-order valence-corrected chi connectivity index (χ4v) is 2.26. The van der Waals surface area contributed by atoms with Crippen molar-refractivity contribution in [3.63, 3.8) is 0 Å². The third-order valence-corrected chi connectivity index (χ3v) is 3.11. The van der Waals surface area contributed by atoms with Gasteiger partial charge in [0.15, 0.2) is 0 Å². The molecule has 0 aliphatic rings. The molecule has 0 unspecified atom stereocenters. The second-order valence-electron chi connectivity index (χ2n) is 5.03. The normalized spacial score (nSPS) is 10.9. The van der Waals surface area contributed by atoms with Crippen LogP contribution in [0.2, 0.25) is 0 Å². The van der Waals surface area contributed by atoms with Crippen LogP contribution in [0.15, 0.2) is 36.7 Å². The van der Waals surface area contributed by atoms with E-state index in [1.807, 2.05) is 50.8 Å². The number of aryl methyl sites for hydroxylation is 1. The zero-order valence-electron chi connectivity index (χ0n) is 11.8. The molecule has 0 amide bonds. The van der Waals surface area contributed by atoms with E-state index in [1.165, 1.54) is 0 Å². The number of carboxylic acid groups (broad SMARTS) is 1. The topological polar surface area (TPSA) is 58.4 Å². The van der Waals surface area contributed by atoms with E-state index >= 15 is 0 Å². The Labute approximate surface area is 118 Å². The van der Waals surface area contributed by atoms with Crippen molar-refractivity contribution >= 4 is 5.97 Å². The molecule has 0 aliphatic carbocycles. The lowest BCUT2D eigenvalue weighted by Crippen LogP contribution is -2.18. The molecule has 0 spiro atoms. The molecular formula is C15H19N3O2. The van der Waals surface area contributed by atoms with Crippen LogP contribution in [0.5, 0.6) is 0 Å². The van der Waals surface area contributed by atoms with Crippen LogP contribution < -0.4 is 0 Å². The van der Waals surface area contributed by atoms with Gasteiger partial charge in [0.1, 0.15) is 0 Å². The number of hydrogen-bond donors (Lipinski definition) is 1. The van der Waals surface area contributed by atoms with E-state index in [9.17, 15) is 4.79 Å². The molecule has 0 aliphatic heterocycles. The summed E-state index contributed by atoms with van der Waals surface area (Å²) in [6, 6.07) is 7.68. The standard InChI is InChI=1S/C15H19N3O2/c1-17(9-12-8-16-18(2)10-12)11-14-6-4-3-5-13(14)7-15(19)20/h3-6,8,10H,7,9,11H2,1-2H3,(H,19,20). The summed E-state index contributed by atoms with van der Waals surface area (Å²) in [4.78, 5) is 13.0. The Morgan fingerprint density at radius 2 is 2.00 bits per heavy atom. The Bertz CT molecular complexity index is 592. The lowest BCUT2D eigenvalue weighted by Gasteiger charge is -2.17. The fraction of sp³-hybridized carbons (Fsp3) is 0.333. The molecule has 0 bridgehead atoms. The number of nitrogens with zero attached hydrogens (tertiary/aromatic N) is 3. The van der Waals surface area contributed by atoms with E-state index in [2.05, 4.69) is 10.00 Å². The van der Waals surface area contributed by atoms with Gasteiger partial charge < -0.3 is 5.11 Å². The predicted octanol–water partition coefficient (Wildman–Crippen LogP) is 1.68. The van der Waals surface area contributed by atoms with Gasteiger partial charge in [-0.3, -0.25) is 14.4 Å². The van der Waals surface area contributed by atoms with Crippen LogP contribution in [0.4, 0.5) is 0 Å². The molecular weight excluding hydrogens is 254 g/mol. The largest absolute Gasteiger partial charge is 0.481 e. The highest BCUT2D eigenvalue weighted by Gasteiger charge is 2.09. The lowest BCUT2D eigenvalue weighted by molar-refractivity contribution is -0.136. The second-order valence-corrected chi connectivity index (χ2v) is 5.03. The maximum Gasteiger partial charge on any atom is 0.307 e. The average Bonchev–Trinajstić information content (AvgIpc) is 2.76. The van der Waals surface area contributed by atoms with Gasteiger partial charge in [0.2, 0.25) is 0 Å². The second kappa shape index (κ2) is 6.34. The summed E-state index contributed by atoms with van der Waals surface area (Å²) in [5.41, 5.74) is 3.07. The van der Waals surface area contributed by atoms with Crippen molar-refractivity contribution in [1.82, 2.24) is 14.7 Å². The van der Waals surface area contributed by atoms with Gasteiger partial charge >= 0.3 is 5.97 Å². The van der Waals surface area contributed by atoms with Crippen molar-refractivity contribution in [3.8, 4) is 0 Å². The third kappa shape index (κ3) is 3.93. The molecule has 0 radical (unpaired) electrons.